The number of nitrogens with zero attached hydrogens (tertiary/aromatic N) is 1. The van der Waals surface area contributed by atoms with Gasteiger partial charge < -0.3 is 14.9 Å². The molecule has 21 heavy (non-hydrogen) atoms. The number of nitrogens with two attached hydrogens (primary N) is 1. The first-order valence-electron chi connectivity index (χ1n) is 6.99. The van der Waals surface area contributed by atoms with Crippen LogP contribution in [0.3, 0.4) is 0 Å². The normalized spacial score (nSPS) is 12.6. The summed E-state index contributed by atoms with van der Waals surface area (Å²) in [6, 6.07) is 9.96. The zero-order chi connectivity index (χ0) is 15.2. The van der Waals surface area contributed by atoms with Crippen molar-refractivity contribution in [1.82, 2.24) is 4.90 Å². The number of halogens is 1. The van der Waals surface area contributed by atoms with Crippen LogP contribution in [-0.4, -0.2) is 25.1 Å². The van der Waals surface area contributed by atoms with Crippen molar-refractivity contribution in [3.05, 3.63) is 52.4 Å². The Morgan fingerprint density at radius 2 is 2.19 bits per heavy atom. The fraction of sp³-hybridized carbons (Fsp3) is 0.375. The highest BCUT2D eigenvalue weighted by Gasteiger charge is 2.21. The molecule has 0 saturated heterocycles. The lowest BCUT2D eigenvalue weighted by Crippen LogP contribution is -2.33. The van der Waals surface area contributed by atoms with E-state index in [1.807, 2.05) is 30.3 Å². The summed E-state index contributed by atoms with van der Waals surface area (Å²) in [5.41, 5.74) is 7.17. The molecule has 1 unspecified atom stereocenters. The minimum Gasteiger partial charge on any atom is -0.497 e. The van der Waals surface area contributed by atoms with Crippen LogP contribution in [0.2, 0.25) is 0 Å². The van der Waals surface area contributed by atoms with Gasteiger partial charge in [0.05, 0.1) is 19.9 Å². The van der Waals surface area contributed by atoms with E-state index in [-0.39, 0.29) is 6.04 Å². The average Bonchev–Trinajstić information content (AvgIpc) is 3.01. The molecule has 5 heteroatoms. The number of hydrogen-bond donors (Lipinski definition) is 1. The second-order valence-corrected chi connectivity index (χ2v) is 5.64. The standard InChI is InChI=1S/C16H21BrN2O2/c1-3-19(11-13-5-4-8-21-13)16(10-18)14-9-12(20-2)6-7-15(14)17/h4-9,16H,3,10-11,18H2,1-2H3. The van der Waals surface area contributed by atoms with Gasteiger partial charge >= 0.3 is 0 Å². The Balaban J connectivity index is 2.28. The molecule has 0 bridgehead atoms. The maximum absolute atomic E-state index is 6.04. The molecule has 1 atom stereocenters. The van der Waals surface area contributed by atoms with Crippen LogP contribution >= 0.6 is 15.9 Å². The van der Waals surface area contributed by atoms with Gasteiger partial charge in [0.2, 0.25) is 0 Å². The number of rotatable bonds is 7. The van der Waals surface area contributed by atoms with Gasteiger partial charge in [0.25, 0.3) is 0 Å². The van der Waals surface area contributed by atoms with E-state index in [0.29, 0.717) is 6.54 Å². The lowest BCUT2D eigenvalue weighted by molar-refractivity contribution is 0.187. The van der Waals surface area contributed by atoms with Gasteiger partial charge in [-0.1, -0.05) is 22.9 Å². The fourth-order valence-corrected chi connectivity index (χ4v) is 2.93. The first-order valence-corrected chi connectivity index (χ1v) is 7.78. The Hall–Kier alpha value is -1.30. The second-order valence-electron chi connectivity index (χ2n) is 4.78. The number of hydrogen-bond acceptors (Lipinski definition) is 4. The van der Waals surface area contributed by atoms with E-state index in [4.69, 9.17) is 14.9 Å². The van der Waals surface area contributed by atoms with Crippen molar-refractivity contribution in [3.63, 3.8) is 0 Å². The zero-order valence-electron chi connectivity index (χ0n) is 12.4. The smallest absolute Gasteiger partial charge is 0.119 e. The average molecular weight is 353 g/mol. The summed E-state index contributed by atoms with van der Waals surface area (Å²) >= 11 is 3.62. The molecule has 2 N–H and O–H groups in total. The molecule has 114 valence electrons. The van der Waals surface area contributed by atoms with Crippen LogP contribution in [0, 0.1) is 0 Å². The van der Waals surface area contributed by atoms with Gasteiger partial charge in [-0.3, -0.25) is 4.90 Å². The van der Waals surface area contributed by atoms with Crippen molar-refractivity contribution in [3.8, 4) is 5.75 Å². The lowest BCUT2D eigenvalue weighted by atomic mass is 10.0. The van der Waals surface area contributed by atoms with Gasteiger partial charge in [-0.15, -0.1) is 0 Å². The molecule has 0 aliphatic carbocycles. The van der Waals surface area contributed by atoms with Gasteiger partial charge in [0.1, 0.15) is 11.5 Å². The van der Waals surface area contributed by atoms with Crippen molar-refractivity contribution in [1.29, 1.82) is 0 Å². The molecule has 0 aliphatic heterocycles. The predicted octanol–water partition coefficient (Wildman–Crippen LogP) is 3.57. The summed E-state index contributed by atoms with van der Waals surface area (Å²) in [7, 11) is 1.67. The second kappa shape index (κ2) is 7.64. The molecule has 1 heterocycles. The maximum Gasteiger partial charge on any atom is 0.119 e. The number of methoxy groups -OCH3 is 1. The Bertz CT molecular complexity index is 557. The predicted molar refractivity (Wildman–Crippen MR) is 87.3 cm³/mol. The molecule has 2 aromatic rings. The molecule has 0 aliphatic rings. The van der Waals surface area contributed by atoms with Gasteiger partial charge in [0.15, 0.2) is 0 Å². The fourth-order valence-electron chi connectivity index (χ4n) is 2.42. The number of likely N-dealkylation sites (N-methyl/N-ethyl adjacent to an activating group) is 1. The molecule has 1 aromatic heterocycles. The van der Waals surface area contributed by atoms with Crippen molar-refractivity contribution < 1.29 is 9.15 Å². The van der Waals surface area contributed by atoms with Crippen molar-refractivity contribution >= 4 is 15.9 Å². The molecule has 0 amide bonds. The summed E-state index contributed by atoms with van der Waals surface area (Å²) in [4.78, 5) is 2.29. The zero-order valence-corrected chi connectivity index (χ0v) is 14.0. The van der Waals surface area contributed by atoms with E-state index >= 15 is 0 Å². The minimum atomic E-state index is 0.101. The molecule has 0 saturated carbocycles. The van der Waals surface area contributed by atoms with Crippen LogP contribution in [0.25, 0.3) is 0 Å². The number of benzene rings is 1. The van der Waals surface area contributed by atoms with Crippen LogP contribution in [0.5, 0.6) is 5.75 Å². The lowest BCUT2D eigenvalue weighted by Gasteiger charge is -2.30. The Labute approximate surface area is 134 Å². The number of ether oxygens (including phenoxy) is 1. The molecular weight excluding hydrogens is 332 g/mol. The molecule has 0 fully saturated rings. The summed E-state index contributed by atoms with van der Waals surface area (Å²) < 4.78 is 11.8. The molecule has 4 nitrogen and oxygen atoms in total. The van der Waals surface area contributed by atoms with E-state index < -0.39 is 0 Å². The maximum atomic E-state index is 6.04. The summed E-state index contributed by atoms with van der Waals surface area (Å²) in [5.74, 6) is 1.77. The highest BCUT2D eigenvalue weighted by molar-refractivity contribution is 9.10. The molecule has 0 spiro atoms. The number of furan rings is 1. The Kier molecular flexibility index (Phi) is 5.85. The van der Waals surface area contributed by atoms with Crippen molar-refractivity contribution in [2.24, 2.45) is 5.73 Å². The van der Waals surface area contributed by atoms with Crippen molar-refractivity contribution in [2.45, 2.75) is 19.5 Å². The third-order valence-electron chi connectivity index (χ3n) is 3.57. The monoisotopic (exact) mass is 352 g/mol. The van der Waals surface area contributed by atoms with Gasteiger partial charge in [-0.25, -0.2) is 0 Å². The van der Waals surface area contributed by atoms with E-state index in [0.717, 1.165) is 34.6 Å². The highest BCUT2D eigenvalue weighted by Crippen LogP contribution is 2.31. The largest absolute Gasteiger partial charge is 0.497 e. The van der Waals surface area contributed by atoms with Gasteiger partial charge in [-0.05, 0) is 42.4 Å². The summed E-state index contributed by atoms with van der Waals surface area (Å²) in [6.45, 7) is 4.27. The third kappa shape index (κ3) is 3.87. The van der Waals surface area contributed by atoms with E-state index in [2.05, 4.69) is 27.8 Å². The molecular formula is C16H21BrN2O2. The van der Waals surface area contributed by atoms with Gasteiger partial charge in [-0.2, -0.15) is 0 Å². The quantitative estimate of drug-likeness (QED) is 0.827. The molecule has 1 aromatic carbocycles. The van der Waals surface area contributed by atoms with Crippen LogP contribution in [0.1, 0.15) is 24.3 Å². The summed E-state index contributed by atoms with van der Waals surface area (Å²) in [5, 5.41) is 0. The van der Waals surface area contributed by atoms with E-state index in [9.17, 15) is 0 Å². The van der Waals surface area contributed by atoms with Crippen LogP contribution in [-0.2, 0) is 6.54 Å². The van der Waals surface area contributed by atoms with Crippen LogP contribution in [0.4, 0.5) is 0 Å². The Morgan fingerprint density at radius 3 is 2.76 bits per heavy atom. The van der Waals surface area contributed by atoms with Gasteiger partial charge in [0, 0.05) is 17.1 Å². The minimum absolute atomic E-state index is 0.101. The molecule has 0 radical (unpaired) electrons. The highest BCUT2D eigenvalue weighted by atomic mass is 79.9. The summed E-state index contributed by atoms with van der Waals surface area (Å²) in [6.07, 6.45) is 1.70. The topological polar surface area (TPSA) is 51.6 Å². The first-order chi connectivity index (χ1) is 10.2. The third-order valence-corrected chi connectivity index (χ3v) is 4.29. The van der Waals surface area contributed by atoms with Crippen molar-refractivity contribution in [2.75, 3.05) is 20.2 Å². The van der Waals surface area contributed by atoms with Crippen LogP contribution < -0.4 is 10.5 Å². The first kappa shape index (κ1) is 16.1. The van der Waals surface area contributed by atoms with E-state index in [1.54, 1.807) is 13.4 Å². The molecule has 2 rings (SSSR count). The SMILES string of the molecule is CCN(Cc1ccco1)C(CN)c1cc(OC)ccc1Br. The van der Waals surface area contributed by atoms with Crippen LogP contribution in [0.15, 0.2) is 45.5 Å². The van der Waals surface area contributed by atoms with E-state index in [1.165, 1.54) is 0 Å². The Morgan fingerprint density at radius 1 is 1.38 bits per heavy atom.